The van der Waals surface area contributed by atoms with E-state index in [-0.39, 0.29) is 11.1 Å². The largest absolute Gasteiger partial charge is 0.478 e. The molecule has 0 unspecified atom stereocenters. The van der Waals surface area contributed by atoms with Crippen molar-refractivity contribution in [1.82, 2.24) is 0 Å². The van der Waals surface area contributed by atoms with E-state index in [1.165, 1.54) is 12.1 Å². The highest BCUT2D eigenvalue weighted by Crippen LogP contribution is 2.26. The van der Waals surface area contributed by atoms with Crippen molar-refractivity contribution in [2.24, 2.45) is 0 Å². The van der Waals surface area contributed by atoms with E-state index < -0.39 is 40.6 Å². The Hall–Kier alpha value is -3.68. The van der Waals surface area contributed by atoms with Gasteiger partial charge in [-0.3, -0.25) is 10.1 Å². The lowest BCUT2D eigenvalue weighted by atomic mass is 9.93. The molecule has 8 heteroatoms. The predicted octanol–water partition coefficient (Wildman–Crippen LogP) is 2.40. The highest BCUT2D eigenvalue weighted by molar-refractivity contribution is 6.18. The summed E-state index contributed by atoms with van der Waals surface area (Å²) in [4.78, 5) is 46.2. The summed E-state index contributed by atoms with van der Waals surface area (Å²) in [7, 11) is 0. The number of carboxylic acid groups (broad SMARTS) is 3. The van der Waals surface area contributed by atoms with Crippen molar-refractivity contribution < 1.29 is 34.5 Å². The predicted molar refractivity (Wildman–Crippen MR) is 81.9 cm³/mol. The lowest BCUT2D eigenvalue weighted by Crippen LogP contribution is -2.19. The average molecular weight is 329 g/mol. The van der Waals surface area contributed by atoms with Crippen LogP contribution in [0.15, 0.2) is 42.5 Å². The van der Waals surface area contributed by atoms with Gasteiger partial charge in [-0.05, 0) is 12.1 Å². The van der Waals surface area contributed by atoms with Crippen LogP contribution in [-0.4, -0.2) is 39.1 Å². The molecule has 0 bridgehead atoms. The van der Waals surface area contributed by atoms with Crippen molar-refractivity contribution in [3.05, 3.63) is 64.7 Å². The smallest absolute Gasteiger partial charge is 0.409 e. The van der Waals surface area contributed by atoms with Gasteiger partial charge in [0.2, 0.25) is 0 Å². The van der Waals surface area contributed by atoms with E-state index in [2.05, 4.69) is 0 Å². The number of nitrogens with one attached hydrogen (secondary N) is 1. The summed E-state index contributed by atoms with van der Waals surface area (Å²) in [6, 6.07) is 9.85. The first kappa shape index (κ1) is 16.7. The molecule has 0 heterocycles. The van der Waals surface area contributed by atoms with Crippen LogP contribution in [0.25, 0.3) is 0 Å². The number of aromatic carboxylic acids is 2. The maximum atomic E-state index is 12.5. The zero-order valence-corrected chi connectivity index (χ0v) is 12.0. The first-order chi connectivity index (χ1) is 11.3. The summed E-state index contributed by atoms with van der Waals surface area (Å²) in [5.74, 6) is -4.00. The van der Waals surface area contributed by atoms with Gasteiger partial charge in [0.05, 0.1) is 16.8 Å². The third-order valence-electron chi connectivity index (χ3n) is 3.16. The second-order valence-electron chi connectivity index (χ2n) is 4.65. The number of amides is 1. The summed E-state index contributed by atoms with van der Waals surface area (Å²) in [6.07, 6.45) is -1.56. The third kappa shape index (κ3) is 3.22. The van der Waals surface area contributed by atoms with Crippen LogP contribution >= 0.6 is 0 Å². The lowest BCUT2D eigenvalue weighted by molar-refractivity contribution is 0.0650. The fraction of sp³-hybridized carbons (Fsp3) is 0. The standard InChI is InChI=1S/C16H11NO7/c18-13(8-4-2-1-3-5-8)9-6-7-10(17-16(23)24)12(15(21)22)11(9)14(19)20/h1-7,17H,(H,19,20)(H,21,22)(H,23,24). The number of carbonyl (C=O) groups excluding carboxylic acids is 1. The topological polar surface area (TPSA) is 141 Å². The molecule has 4 N–H and O–H groups in total. The van der Waals surface area contributed by atoms with Gasteiger partial charge in [-0.15, -0.1) is 0 Å². The molecule has 0 radical (unpaired) electrons. The minimum Gasteiger partial charge on any atom is -0.478 e. The molecule has 0 aliphatic heterocycles. The Kier molecular flexibility index (Phi) is 4.60. The molecule has 2 aromatic rings. The summed E-state index contributed by atoms with van der Waals surface area (Å²) < 4.78 is 0. The Morgan fingerprint density at radius 3 is 1.83 bits per heavy atom. The number of anilines is 1. The van der Waals surface area contributed by atoms with Crippen LogP contribution in [0, 0.1) is 0 Å². The molecule has 0 fully saturated rings. The zero-order chi connectivity index (χ0) is 17.9. The molecule has 8 nitrogen and oxygen atoms in total. The minimum atomic E-state index is -1.67. The summed E-state index contributed by atoms with van der Waals surface area (Å²) in [5, 5.41) is 29.2. The second kappa shape index (κ2) is 6.61. The van der Waals surface area contributed by atoms with Crippen LogP contribution in [-0.2, 0) is 0 Å². The molecule has 0 spiro atoms. The van der Waals surface area contributed by atoms with Crippen LogP contribution in [0.4, 0.5) is 10.5 Å². The highest BCUT2D eigenvalue weighted by atomic mass is 16.4. The number of carboxylic acids is 2. The number of ketones is 1. The van der Waals surface area contributed by atoms with Crippen LogP contribution in [0.2, 0.25) is 0 Å². The molecule has 0 aliphatic rings. The van der Waals surface area contributed by atoms with E-state index in [1.54, 1.807) is 18.2 Å². The van der Waals surface area contributed by atoms with Gasteiger partial charge in [-0.1, -0.05) is 30.3 Å². The van der Waals surface area contributed by atoms with Crippen LogP contribution in [0.3, 0.4) is 0 Å². The Morgan fingerprint density at radius 2 is 1.33 bits per heavy atom. The molecule has 2 rings (SSSR count). The van der Waals surface area contributed by atoms with Gasteiger partial charge in [0.1, 0.15) is 0 Å². The number of hydrogen-bond acceptors (Lipinski definition) is 4. The molecule has 0 aliphatic carbocycles. The van der Waals surface area contributed by atoms with Crippen molar-refractivity contribution in [2.45, 2.75) is 0 Å². The Bertz CT molecular complexity index is 843. The summed E-state index contributed by atoms with van der Waals surface area (Å²) in [6.45, 7) is 0. The van der Waals surface area contributed by atoms with E-state index >= 15 is 0 Å². The van der Waals surface area contributed by atoms with Gasteiger partial charge in [-0.25, -0.2) is 14.4 Å². The van der Waals surface area contributed by atoms with Crippen LogP contribution in [0.5, 0.6) is 0 Å². The molecule has 2 aromatic carbocycles. The molecule has 24 heavy (non-hydrogen) atoms. The average Bonchev–Trinajstić information content (AvgIpc) is 2.53. The fourth-order valence-electron chi connectivity index (χ4n) is 2.20. The van der Waals surface area contributed by atoms with Gasteiger partial charge < -0.3 is 15.3 Å². The zero-order valence-electron chi connectivity index (χ0n) is 12.0. The van der Waals surface area contributed by atoms with E-state index in [9.17, 15) is 29.4 Å². The van der Waals surface area contributed by atoms with Gasteiger partial charge in [0.25, 0.3) is 0 Å². The third-order valence-corrected chi connectivity index (χ3v) is 3.16. The second-order valence-corrected chi connectivity index (χ2v) is 4.65. The lowest BCUT2D eigenvalue weighted by Gasteiger charge is -2.13. The molecular formula is C16H11NO7. The van der Waals surface area contributed by atoms with Gasteiger partial charge in [-0.2, -0.15) is 0 Å². The maximum absolute atomic E-state index is 12.5. The quantitative estimate of drug-likeness (QED) is 0.617. The van der Waals surface area contributed by atoms with Crippen molar-refractivity contribution in [3.63, 3.8) is 0 Å². The maximum Gasteiger partial charge on any atom is 0.409 e. The van der Waals surface area contributed by atoms with E-state index in [1.807, 2.05) is 5.32 Å². The number of benzene rings is 2. The normalized spacial score (nSPS) is 10.0. The number of hydrogen-bond donors (Lipinski definition) is 4. The minimum absolute atomic E-state index is 0.176. The molecule has 0 atom stereocenters. The van der Waals surface area contributed by atoms with E-state index in [4.69, 9.17) is 5.11 Å². The molecule has 0 saturated heterocycles. The monoisotopic (exact) mass is 329 g/mol. The Morgan fingerprint density at radius 1 is 0.750 bits per heavy atom. The molecule has 1 amide bonds. The fourth-order valence-corrected chi connectivity index (χ4v) is 2.20. The Labute approximate surface area is 135 Å². The van der Waals surface area contributed by atoms with E-state index in [0.717, 1.165) is 12.1 Å². The summed E-state index contributed by atoms with van der Waals surface area (Å²) >= 11 is 0. The van der Waals surface area contributed by atoms with Crippen LogP contribution in [0.1, 0.15) is 36.6 Å². The van der Waals surface area contributed by atoms with Crippen molar-refractivity contribution in [1.29, 1.82) is 0 Å². The van der Waals surface area contributed by atoms with Gasteiger partial charge in [0, 0.05) is 11.1 Å². The highest BCUT2D eigenvalue weighted by Gasteiger charge is 2.28. The van der Waals surface area contributed by atoms with Crippen molar-refractivity contribution in [3.8, 4) is 0 Å². The molecule has 122 valence electrons. The summed E-state index contributed by atoms with van der Waals surface area (Å²) in [5.41, 5.74) is -2.18. The molecule has 0 saturated carbocycles. The SMILES string of the molecule is O=C(O)Nc1ccc(C(=O)c2ccccc2)c(C(=O)O)c1C(=O)O. The first-order valence-electron chi connectivity index (χ1n) is 6.56. The number of rotatable bonds is 5. The van der Waals surface area contributed by atoms with Crippen LogP contribution < -0.4 is 5.32 Å². The molecular weight excluding hydrogens is 318 g/mol. The van der Waals surface area contributed by atoms with E-state index in [0.29, 0.717) is 0 Å². The number of carbonyl (C=O) groups is 4. The van der Waals surface area contributed by atoms with Crippen molar-refractivity contribution >= 4 is 29.5 Å². The molecule has 0 aromatic heterocycles. The first-order valence-corrected chi connectivity index (χ1v) is 6.56. The van der Waals surface area contributed by atoms with Gasteiger partial charge >= 0.3 is 18.0 Å². The van der Waals surface area contributed by atoms with Gasteiger partial charge in [0.15, 0.2) is 5.78 Å². The van der Waals surface area contributed by atoms with Crippen molar-refractivity contribution in [2.75, 3.05) is 5.32 Å². The Balaban J connectivity index is 2.71.